The molecule has 0 atom stereocenters. The Hall–Kier alpha value is -2.59. The van der Waals surface area contributed by atoms with Crippen molar-refractivity contribution in [3.8, 4) is 0 Å². The molecular formula is C18H25N5O4S. The minimum atomic E-state index is -0.404. The summed E-state index contributed by atoms with van der Waals surface area (Å²) in [6.45, 7) is 5.18. The lowest BCUT2D eigenvalue weighted by atomic mass is 10.3. The molecule has 2 rings (SSSR count). The highest BCUT2D eigenvalue weighted by atomic mass is 32.2. The lowest BCUT2D eigenvalue weighted by Crippen LogP contribution is -2.38. The van der Waals surface area contributed by atoms with E-state index in [-0.39, 0.29) is 16.9 Å². The van der Waals surface area contributed by atoms with E-state index >= 15 is 0 Å². The van der Waals surface area contributed by atoms with Gasteiger partial charge in [0, 0.05) is 62.6 Å². The standard InChI is InChI=1S/C18H25N5O4S/c1-4-22(11-12-28-15-7-5-14(6-8-15)23(26)27)10-9-19-16-13-17(24)21(3)18(25)20(16)2/h5-8,13,19H,4,9-12H2,1-3H3. The second-order valence-electron chi connectivity index (χ2n) is 6.23. The number of nitrogens with one attached hydrogen (secondary N) is 1. The summed E-state index contributed by atoms with van der Waals surface area (Å²) in [6.07, 6.45) is 0. The van der Waals surface area contributed by atoms with Crippen LogP contribution in [0.2, 0.25) is 0 Å². The van der Waals surface area contributed by atoms with Crippen LogP contribution in [0.4, 0.5) is 11.5 Å². The molecule has 152 valence electrons. The number of thioether (sulfide) groups is 1. The van der Waals surface area contributed by atoms with Gasteiger partial charge in [0.05, 0.1) is 4.92 Å². The van der Waals surface area contributed by atoms with Crippen LogP contribution in [0.1, 0.15) is 6.92 Å². The van der Waals surface area contributed by atoms with Gasteiger partial charge >= 0.3 is 5.69 Å². The highest BCUT2D eigenvalue weighted by molar-refractivity contribution is 7.99. The number of likely N-dealkylation sites (N-methyl/N-ethyl adjacent to an activating group) is 1. The van der Waals surface area contributed by atoms with Crippen molar-refractivity contribution in [2.45, 2.75) is 11.8 Å². The van der Waals surface area contributed by atoms with Crippen molar-refractivity contribution in [1.29, 1.82) is 0 Å². The van der Waals surface area contributed by atoms with Crippen molar-refractivity contribution >= 4 is 23.3 Å². The maximum absolute atomic E-state index is 11.9. The van der Waals surface area contributed by atoms with Crippen LogP contribution in [0, 0.1) is 10.1 Å². The molecule has 28 heavy (non-hydrogen) atoms. The van der Waals surface area contributed by atoms with Crippen LogP contribution in [0.25, 0.3) is 0 Å². The van der Waals surface area contributed by atoms with Gasteiger partial charge in [0.1, 0.15) is 5.82 Å². The molecule has 1 heterocycles. The number of benzene rings is 1. The molecule has 0 fully saturated rings. The molecule has 0 aliphatic carbocycles. The first-order valence-electron chi connectivity index (χ1n) is 8.94. The van der Waals surface area contributed by atoms with Crippen LogP contribution in [0.3, 0.4) is 0 Å². The summed E-state index contributed by atoms with van der Waals surface area (Å²) in [7, 11) is 3.08. The lowest BCUT2D eigenvalue weighted by molar-refractivity contribution is -0.384. The zero-order valence-electron chi connectivity index (χ0n) is 16.3. The Morgan fingerprint density at radius 3 is 2.43 bits per heavy atom. The van der Waals surface area contributed by atoms with Crippen molar-refractivity contribution in [3.05, 3.63) is 61.3 Å². The Kier molecular flexibility index (Phi) is 7.82. The summed E-state index contributed by atoms with van der Waals surface area (Å²) in [5.74, 6) is 1.36. The Labute approximate surface area is 167 Å². The SMILES string of the molecule is CCN(CCNc1cc(=O)n(C)c(=O)n1C)CCSc1ccc([N+](=O)[O-])cc1. The van der Waals surface area contributed by atoms with Crippen molar-refractivity contribution in [2.24, 2.45) is 14.1 Å². The van der Waals surface area contributed by atoms with E-state index in [0.717, 1.165) is 34.8 Å². The van der Waals surface area contributed by atoms with E-state index in [4.69, 9.17) is 0 Å². The van der Waals surface area contributed by atoms with E-state index in [1.165, 1.54) is 29.8 Å². The fourth-order valence-electron chi connectivity index (χ4n) is 2.63. The van der Waals surface area contributed by atoms with Gasteiger partial charge in [-0.1, -0.05) is 6.92 Å². The number of anilines is 1. The molecule has 9 nitrogen and oxygen atoms in total. The third-order valence-electron chi connectivity index (χ3n) is 4.43. The maximum atomic E-state index is 11.9. The Bertz CT molecular complexity index is 923. The predicted octanol–water partition coefficient (Wildman–Crippen LogP) is 1.52. The third-order valence-corrected chi connectivity index (χ3v) is 5.42. The highest BCUT2D eigenvalue weighted by Gasteiger charge is 2.08. The van der Waals surface area contributed by atoms with Gasteiger partial charge < -0.3 is 10.2 Å². The van der Waals surface area contributed by atoms with Crippen LogP contribution in [-0.4, -0.2) is 50.9 Å². The second kappa shape index (κ2) is 10.1. The Morgan fingerprint density at radius 2 is 1.82 bits per heavy atom. The smallest absolute Gasteiger partial charge is 0.332 e. The molecule has 0 bridgehead atoms. The summed E-state index contributed by atoms with van der Waals surface area (Å²) in [4.78, 5) is 37.2. The van der Waals surface area contributed by atoms with Gasteiger partial charge in [-0.3, -0.25) is 24.0 Å². The van der Waals surface area contributed by atoms with Gasteiger partial charge in [-0.05, 0) is 18.7 Å². The van der Waals surface area contributed by atoms with Gasteiger partial charge in [-0.2, -0.15) is 0 Å². The summed E-state index contributed by atoms with van der Waals surface area (Å²) in [5, 5.41) is 13.8. The van der Waals surface area contributed by atoms with Gasteiger partial charge in [0.25, 0.3) is 11.2 Å². The number of rotatable bonds is 10. The fraction of sp³-hybridized carbons (Fsp3) is 0.444. The van der Waals surface area contributed by atoms with E-state index < -0.39 is 4.92 Å². The average Bonchev–Trinajstić information content (AvgIpc) is 2.69. The van der Waals surface area contributed by atoms with Crippen LogP contribution in [0.5, 0.6) is 0 Å². The Morgan fingerprint density at radius 1 is 1.14 bits per heavy atom. The highest BCUT2D eigenvalue weighted by Crippen LogP contribution is 2.21. The molecule has 10 heteroatoms. The van der Waals surface area contributed by atoms with E-state index in [1.54, 1.807) is 30.9 Å². The number of non-ortho nitro benzene ring substituents is 1. The zero-order valence-corrected chi connectivity index (χ0v) is 17.1. The first-order valence-corrected chi connectivity index (χ1v) is 9.92. The van der Waals surface area contributed by atoms with Crippen LogP contribution >= 0.6 is 11.8 Å². The summed E-state index contributed by atoms with van der Waals surface area (Å²) >= 11 is 1.65. The molecular weight excluding hydrogens is 382 g/mol. The van der Waals surface area contributed by atoms with Crippen molar-refractivity contribution in [2.75, 3.05) is 37.2 Å². The molecule has 0 saturated heterocycles. The Balaban J connectivity index is 1.81. The maximum Gasteiger partial charge on any atom is 0.332 e. The molecule has 0 radical (unpaired) electrons. The summed E-state index contributed by atoms with van der Waals surface area (Å²) in [5.41, 5.74) is -0.602. The molecule has 2 aromatic rings. The number of aromatic nitrogens is 2. The van der Waals surface area contributed by atoms with Gasteiger partial charge in [-0.25, -0.2) is 4.79 Å². The monoisotopic (exact) mass is 407 g/mol. The van der Waals surface area contributed by atoms with Crippen molar-refractivity contribution < 1.29 is 4.92 Å². The summed E-state index contributed by atoms with van der Waals surface area (Å²) < 4.78 is 2.49. The van der Waals surface area contributed by atoms with Gasteiger partial charge in [-0.15, -0.1) is 11.8 Å². The van der Waals surface area contributed by atoms with Gasteiger partial charge in [0.2, 0.25) is 0 Å². The molecule has 0 aliphatic heterocycles. The van der Waals surface area contributed by atoms with Crippen LogP contribution in [0.15, 0.2) is 44.8 Å². The molecule has 0 saturated carbocycles. The minimum Gasteiger partial charge on any atom is -0.370 e. The van der Waals surface area contributed by atoms with Crippen molar-refractivity contribution in [3.63, 3.8) is 0 Å². The molecule has 1 N–H and O–H groups in total. The van der Waals surface area contributed by atoms with Crippen molar-refractivity contribution in [1.82, 2.24) is 14.0 Å². The van der Waals surface area contributed by atoms with E-state index in [2.05, 4.69) is 17.1 Å². The van der Waals surface area contributed by atoms with E-state index in [9.17, 15) is 19.7 Å². The van der Waals surface area contributed by atoms with Gasteiger partial charge in [0.15, 0.2) is 0 Å². The number of hydrogen-bond acceptors (Lipinski definition) is 7. The van der Waals surface area contributed by atoms with E-state index in [0.29, 0.717) is 12.4 Å². The van der Waals surface area contributed by atoms with E-state index in [1.807, 2.05) is 0 Å². The quantitative estimate of drug-likeness (QED) is 0.362. The predicted molar refractivity (Wildman–Crippen MR) is 111 cm³/mol. The average molecular weight is 407 g/mol. The summed E-state index contributed by atoms with van der Waals surface area (Å²) in [6, 6.07) is 7.97. The molecule has 0 unspecified atom stereocenters. The molecule has 0 spiro atoms. The fourth-order valence-corrected chi connectivity index (χ4v) is 3.54. The first kappa shape index (κ1) is 21.7. The third kappa shape index (κ3) is 5.70. The number of nitrogens with zero attached hydrogens (tertiary/aromatic N) is 4. The molecule has 0 amide bonds. The van der Waals surface area contributed by atoms with Crippen LogP contribution in [-0.2, 0) is 14.1 Å². The zero-order chi connectivity index (χ0) is 20.7. The molecule has 0 aliphatic rings. The topological polar surface area (TPSA) is 102 Å². The molecule has 1 aromatic heterocycles. The normalized spacial score (nSPS) is 11.0. The number of nitro groups is 1. The number of hydrogen-bond donors (Lipinski definition) is 1. The van der Waals surface area contributed by atoms with Crippen LogP contribution < -0.4 is 16.6 Å². The lowest BCUT2D eigenvalue weighted by Gasteiger charge is -2.21. The minimum absolute atomic E-state index is 0.0933. The first-order chi connectivity index (χ1) is 13.3. The second-order valence-corrected chi connectivity index (χ2v) is 7.40. The molecule has 1 aromatic carbocycles. The largest absolute Gasteiger partial charge is 0.370 e. The number of nitro benzene ring substituents is 1.